The minimum atomic E-state index is -0.0503. The first kappa shape index (κ1) is 21.5. The Morgan fingerprint density at radius 3 is 2.69 bits per heavy atom. The van der Waals surface area contributed by atoms with Gasteiger partial charge in [0.25, 0.3) is 5.91 Å². The second-order valence-electron chi connectivity index (χ2n) is 7.97. The SMILES string of the molecule is CCc1nc2c(N)nc3cccnc3c2n1CCCCNC(=O)c1ccccc1N(C)C. The van der Waals surface area contributed by atoms with Crippen LogP contribution in [-0.4, -0.2) is 46.1 Å². The normalized spacial score (nSPS) is 11.2. The van der Waals surface area contributed by atoms with E-state index in [9.17, 15) is 4.79 Å². The van der Waals surface area contributed by atoms with Gasteiger partial charge in [-0.1, -0.05) is 19.1 Å². The molecule has 8 heteroatoms. The van der Waals surface area contributed by atoms with Crippen LogP contribution >= 0.6 is 0 Å². The third-order valence-electron chi connectivity index (χ3n) is 5.58. The second kappa shape index (κ2) is 9.21. The molecular formula is C24H29N7O. The average Bonchev–Trinajstić information content (AvgIpc) is 3.18. The van der Waals surface area contributed by atoms with E-state index in [0.29, 0.717) is 23.4 Å². The van der Waals surface area contributed by atoms with Crippen LogP contribution in [0, 0.1) is 0 Å². The smallest absolute Gasteiger partial charge is 0.253 e. The lowest BCUT2D eigenvalue weighted by molar-refractivity contribution is 0.0953. The number of para-hydroxylation sites is 1. The number of pyridine rings is 2. The highest BCUT2D eigenvalue weighted by molar-refractivity contribution is 6.04. The molecule has 32 heavy (non-hydrogen) atoms. The fraction of sp³-hybridized carbons (Fsp3) is 0.333. The van der Waals surface area contributed by atoms with Crippen molar-refractivity contribution in [2.24, 2.45) is 0 Å². The molecule has 0 spiro atoms. The van der Waals surface area contributed by atoms with Gasteiger partial charge in [-0.25, -0.2) is 9.97 Å². The van der Waals surface area contributed by atoms with Crippen molar-refractivity contribution in [2.45, 2.75) is 32.7 Å². The van der Waals surface area contributed by atoms with Crippen LogP contribution in [-0.2, 0) is 13.0 Å². The van der Waals surface area contributed by atoms with Crippen LogP contribution in [0.1, 0.15) is 35.9 Å². The highest BCUT2D eigenvalue weighted by atomic mass is 16.1. The summed E-state index contributed by atoms with van der Waals surface area (Å²) in [6.07, 6.45) is 4.31. The molecule has 0 atom stereocenters. The zero-order chi connectivity index (χ0) is 22.7. The number of unbranched alkanes of at least 4 members (excludes halogenated alkanes) is 1. The number of nitrogens with zero attached hydrogens (tertiary/aromatic N) is 5. The van der Waals surface area contributed by atoms with Crippen molar-refractivity contribution >= 4 is 39.5 Å². The van der Waals surface area contributed by atoms with Gasteiger partial charge < -0.3 is 20.5 Å². The number of hydrogen-bond acceptors (Lipinski definition) is 6. The summed E-state index contributed by atoms with van der Waals surface area (Å²) in [7, 11) is 3.88. The number of anilines is 2. The summed E-state index contributed by atoms with van der Waals surface area (Å²) in [5.74, 6) is 1.35. The molecule has 0 aliphatic carbocycles. The van der Waals surface area contributed by atoms with Crippen molar-refractivity contribution in [3.8, 4) is 0 Å². The third-order valence-corrected chi connectivity index (χ3v) is 5.58. The molecule has 0 saturated heterocycles. The lowest BCUT2D eigenvalue weighted by Gasteiger charge is -2.17. The number of carbonyl (C=O) groups is 1. The lowest BCUT2D eigenvalue weighted by atomic mass is 10.1. The van der Waals surface area contributed by atoms with E-state index in [0.717, 1.165) is 53.9 Å². The summed E-state index contributed by atoms with van der Waals surface area (Å²) < 4.78 is 2.20. The summed E-state index contributed by atoms with van der Waals surface area (Å²) in [5.41, 5.74) is 11.0. The van der Waals surface area contributed by atoms with E-state index in [1.54, 1.807) is 6.20 Å². The van der Waals surface area contributed by atoms with Gasteiger partial charge in [0.15, 0.2) is 5.82 Å². The number of aromatic nitrogens is 4. The number of fused-ring (bicyclic) bond motifs is 3. The van der Waals surface area contributed by atoms with Crippen LogP contribution in [0.4, 0.5) is 11.5 Å². The van der Waals surface area contributed by atoms with Crippen molar-refractivity contribution < 1.29 is 4.79 Å². The number of rotatable bonds is 8. The molecule has 0 saturated carbocycles. The molecule has 166 valence electrons. The van der Waals surface area contributed by atoms with E-state index in [1.807, 2.05) is 55.4 Å². The van der Waals surface area contributed by atoms with Crippen LogP contribution in [0.15, 0.2) is 42.6 Å². The fourth-order valence-electron chi connectivity index (χ4n) is 4.03. The van der Waals surface area contributed by atoms with Gasteiger partial charge in [0, 0.05) is 45.5 Å². The molecule has 3 heterocycles. The Hall–Kier alpha value is -3.68. The van der Waals surface area contributed by atoms with Gasteiger partial charge in [-0.3, -0.25) is 9.78 Å². The first-order valence-electron chi connectivity index (χ1n) is 10.9. The molecule has 4 rings (SSSR count). The maximum atomic E-state index is 12.6. The molecule has 3 aromatic heterocycles. The molecule has 0 radical (unpaired) electrons. The van der Waals surface area contributed by atoms with E-state index >= 15 is 0 Å². The maximum Gasteiger partial charge on any atom is 0.253 e. The van der Waals surface area contributed by atoms with Gasteiger partial charge in [-0.2, -0.15) is 0 Å². The monoisotopic (exact) mass is 431 g/mol. The van der Waals surface area contributed by atoms with Gasteiger partial charge >= 0.3 is 0 Å². The van der Waals surface area contributed by atoms with Crippen molar-refractivity contribution in [3.05, 3.63) is 54.0 Å². The summed E-state index contributed by atoms with van der Waals surface area (Å²) in [4.78, 5) is 28.3. The maximum absolute atomic E-state index is 12.6. The topological polar surface area (TPSA) is 102 Å². The molecule has 0 bridgehead atoms. The third kappa shape index (κ3) is 4.08. The molecule has 0 aliphatic rings. The van der Waals surface area contributed by atoms with Crippen molar-refractivity contribution in [3.63, 3.8) is 0 Å². The Morgan fingerprint density at radius 1 is 1.09 bits per heavy atom. The molecule has 0 fully saturated rings. The summed E-state index contributed by atoms with van der Waals surface area (Å²) >= 11 is 0. The van der Waals surface area contributed by atoms with E-state index in [4.69, 9.17) is 10.7 Å². The Bertz CT molecular complexity index is 1260. The molecule has 0 aliphatic heterocycles. The number of nitrogens with one attached hydrogen (secondary N) is 1. The molecule has 4 aromatic rings. The van der Waals surface area contributed by atoms with Crippen LogP contribution in [0.25, 0.3) is 22.1 Å². The summed E-state index contributed by atoms with van der Waals surface area (Å²) in [6.45, 7) is 3.47. The minimum absolute atomic E-state index is 0.0503. The molecule has 1 aromatic carbocycles. The number of imidazole rings is 1. The van der Waals surface area contributed by atoms with Gasteiger partial charge in [0.1, 0.15) is 22.4 Å². The quantitative estimate of drug-likeness (QED) is 0.415. The Morgan fingerprint density at radius 2 is 1.91 bits per heavy atom. The predicted octanol–water partition coefficient (Wildman–Crippen LogP) is 3.40. The molecule has 8 nitrogen and oxygen atoms in total. The van der Waals surface area contributed by atoms with Crippen molar-refractivity contribution in [2.75, 3.05) is 31.3 Å². The van der Waals surface area contributed by atoms with Gasteiger partial charge in [0.2, 0.25) is 0 Å². The number of benzene rings is 1. The van der Waals surface area contributed by atoms with E-state index in [1.165, 1.54) is 0 Å². The fourth-order valence-corrected chi connectivity index (χ4v) is 4.03. The average molecular weight is 432 g/mol. The Kier molecular flexibility index (Phi) is 6.20. The van der Waals surface area contributed by atoms with Gasteiger partial charge in [-0.05, 0) is 37.1 Å². The van der Waals surface area contributed by atoms with Crippen molar-refractivity contribution in [1.82, 2.24) is 24.8 Å². The Balaban J connectivity index is 1.46. The number of amides is 1. The van der Waals surface area contributed by atoms with Crippen LogP contribution in [0.3, 0.4) is 0 Å². The first-order chi connectivity index (χ1) is 15.5. The molecular weight excluding hydrogens is 402 g/mol. The number of nitrogen functional groups attached to an aromatic ring is 1. The highest BCUT2D eigenvalue weighted by Crippen LogP contribution is 2.28. The van der Waals surface area contributed by atoms with Crippen molar-refractivity contribution in [1.29, 1.82) is 0 Å². The zero-order valence-corrected chi connectivity index (χ0v) is 18.8. The van der Waals surface area contributed by atoms with Gasteiger partial charge in [-0.15, -0.1) is 0 Å². The first-order valence-corrected chi connectivity index (χ1v) is 10.9. The van der Waals surface area contributed by atoms with E-state index < -0.39 is 0 Å². The number of carbonyl (C=O) groups excluding carboxylic acids is 1. The number of hydrogen-bond donors (Lipinski definition) is 2. The van der Waals surface area contributed by atoms with Gasteiger partial charge in [0.05, 0.1) is 11.1 Å². The zero-order valence-electron chi connectivity index (χ0n) is 18.8. The predicted molar refractivity (Wildman–Crippen MR) is 129 cm³/mol. The van der Waals surface area contributed by atoms with E-state index in [-0.39, 0.29) is 5.91 Å². The minimum Gasteiger partial charge on any atom is -0.382 e. The molecule has 1 amide bonds. The second-order valence-corrected chi connectivity index (χ2v) is 7.97. The number of aryl methyl sites for hydroxylation is 2. The summed E-state index contributed by atoms with van der Waals surface area (Å²) in [5, 5.41) is 3.05. The van der Waals surface area contributed by atoms with E-state index in [2.05, 4.69) is 26.8 Å². The van der Waals surface area contributed by atoms with Crippen LogP contribution in [0.2, 0.25) is 0 Å². The number of nitrogens with two attached hydrogens (primary N) is 1. The molecule has 0 unspecified atom stereocenters. The summed E-state index contributed by atoms with van der Waals surface area (Å²) in [6, 6.07) is 11.4. The largest absolute Gasteiger partial charge is 0.382 e. The standard InChI is InChI=1S/C24H29N7O/c1-4-19-29-21-22(20-17(28-23(21)25)11-9-14-26-20)31(19)15-8-7-13-27-24(32)16-10-5-6-12-18(16)30(2)3/h5-6,9-12,14H,4,7-8,13,15H2,1-3H3,(H2,25,28)(H,27,32). The highest BCUT2D eigenvalue weighted by Gasteiger charge is 2.17. The molecule has 3 N–H and O–H groups in total. The van der Waals surface area contributed by atoms with Crippen LogP contribution < -0.4 is 16.0 Å². The van der Waals surface area contributed by atoms with Crippen LogP contribution in [0.5, 0.6) is 0 Å². The lowest BCUT2D eigenvalue weighted by Crippen LogP contribution is -2.26. The Labute approximate surface area is 187 Å².